The SMILES string of the molecule is Cc1cc2nc3ccc(N(C)C)cc3nc2cc1Nc1nc(Cl)nc(Oc2ccc(N3C(=O)C=CC3=O)cc2)n1. The molecule has 0 saturated heterocycles. The van der Waals surface area contributed by atoms with Crippen molar-refractivity contribution in [2.24, 2.45) is 0 Å². The van der Waals surface area contributed by atoms with Crippen molar-refractivity contribution in [3.63, 3.8) is 0 Å². The first-order chi connectivity index (χ1) is 19.2. The van der Waals surface area contributed by atoms with Crippen molar-refractivity contribution in [1.82, 2.24) is 24.9 Å². The number of fused-ring (bicyclic) bond motifs is 2. The van der Waals surface area contributed by atoms with Gasteiger partial charge in [-0.2, -0.15) is 15.0 Å². The number of ether oxygens (including phenoxy) is 1. The summed E-state index contributed by atoms with van der Waals surface area (Å²) in [6, 6.07) is 16.1. The fourth-order valence-electron chi connectivity index (χ4n) is 4.21. The van der Waals surface area contributed by atoms with Gasteiger partial charge in [0.05, 0.1) is 27.8 Å². The predicted octanol–water partition coefficient (Wildman–Crippen LogP) is 4.96. The number of nitrogens with zero attached hydrogens (tertiary/aromatic N) is 7. The van der Waals surface area contributed by atoms with Gasteiger partial charge in [-0.25, -0.2) is 14.9 Å². The van der Waals surface area contributed by atoms with E-state index < -0.39 is 11.8 Å². The van der Waals surface area contributed by atoms with Crippen LogP contribution in [0.5, 0.6) is 11.8 Å². The Labute approximate surface area is 233 Å². The van der Waals surface area contributed by atoms with Crippen molar-refractivity contribution in [2.45, 2.75) is 6.92 Å². The number of hydrogen-bond acceptors (Lipinski definition) is 10. The molecule has 1 aliphatic heterocycles. The van der Waals surface area contributed by atoms with Gasteiger partial charge in [0.15, 0.2) is 0 Å². The molecule has 5 aromatic rings. The van der Waals surface area contributed by atoms with Gasteiger partial charge in [0.1, 0.15) is 5.75 Å². The summed E-state index contributed by atoms with van der Waals surface area (Å²) in [7, 11) is 3.95. The minimum absolute atomic E-state index is 0.0364. The van der Waals surface area contributed by atoms with E-state index in [4.69, 9.17) is 26.3 Å². The molecule has 0 bridgehead atoms. The summed E-state index contributed by atoms with van der Waals surface area (Å²) < 4.78 is 5.77. The third-order valence-electron chi connectivity index (χ3n) is 6.23. The topological polar surface area (TPSA) is 126 Å². The van der Waals surface area contributed by atoms with Crippen LogP contribution in [-0.4, -0.2) is 50.8 Å². The number of amides is 2. The Morgan fingerprint density at radius 3 is 2.20 bits per heavy atom. The molecule has 0 atom stereocenters. The quantitative estimate of drug-likeness (QED) is 0.228. The highest BCUT2D eigenvalue weighted by Crippen LogP contribution is 2.29. The third-order valence-corrected chi connectivity index (χ3v) is 6.40. The zero-order valence-electron chi connectivity index (χ0n) is 21.6. The molecule has 0 radical (unpaired) electrons. The molecule has 0 saturated carbocycles. The van der Waals surface area contributed by atoms with Crippen molar-refractivity contribution < 1.29 is 14.3 Å². The van der Waals surface area contributed by atoms with Gasteiger partial charge in [-0.1, -0.05) is 0 Å². The summed E-state index contributed by atoms with van der Waals surface area (Å²) >= 11 is 6.17. The van der Waals surface area contributed by atoms with Crippen LogP contribution in [0.25, 0.3) is 22.1 Å². The third kappa shape index (κ3) is 4.85. The summed E-state index contributed by atoms with van der Waals surface area (Å²) in [6.45, 7) is 1.94. The molecule has 1 N–H and O–H groups in total. The summed E-state index contributed by atoms with van der Waals surface area (Å²) in [5.41, 5.74) is 6.14. The van der Waals surface area contributed by atoms with Crippen molar-refractivity contribution in [1.29, 1.82) is 0 Å². The fraction of sp³-hybridized carbons (Fsp3) is 0.107. The lowest BCUT2D eigenvalue weighted by molar-refractivity contribution is -0.119. The second kappa shape index (κ2) is 9.86. The second-order valence-corrected chi connectivity index (χ2v) is 9.56. The lowest BCUT2D eigenvalue weighted by atomic mass is 10.1. The molecule has 198 valence electrons. The predicted molar refractivity (Wildman–Crippen MR) is 152 cm³/mol. The maximum Gasteiger partial charge on any atom is 0.328 e. The number of anilines is 4. The van der Waals surface area contributed by atoms with Crippen LogP contribution in [-0.2, 0) is 9.59 Å². The zero-order chi connectivity index (χ0) is 28.0. The van der Waals surface area contributed by atoms with Crippen LogP contribution in [0.4, 0.5) is 23.0 Å². The fourth-order valence-corrected chi connectivity index (χ4v) is 4.36. The number of benzene rings is 3. The highest BCUT2D eigenvalue weighted by Gasteiger charge is 2.25. The molecule has 0 fully saturated rings. The van der Waals surface area contributed by atoms with Gasteiger partial charge in [0, 0.05) is 37.6 Å². The number of rotatable bonds is 6. The van der Waals surface area contributed by atoms with Crippen LogP contribution in [0.1, 0.15) is 5.56 Å². The number of halogens is 1. The molecule has 0 aliphatic carbocycles. The van der Waals surface area contributed by atoms with Gasteiger partial charge in [0.25, 0.3) is 11.8 Å². The lowest BCUT2D eigenvalue weighted by Gasteiger charge is -2.14. The zero-order valence-corrected chi connectivity index (χ0v) is 22.3. The van der Waals surface area contributed by atoms with E-state index in [1.54, 1.807) is 24.3 Å². The van der Waals surface area contributed by atoms with E-state index >= 15 is 0 Å². The largest absolute Gasteiger partial charge is 0.424 e. The molecule has 2 amide bonds. The summed E-state index contributed by atoms with van der Waals surface area (Å²) in [5, 5.41) is 3.11. The summed E-state index contributed by atoms with van der Waals surface area (Å²) in [4.78, 5) is 49.0. The highest BCUT2D eigenvalue weighted by atomic mass is 35.5. The number of aryl methyl sites for hydroxylation is 1. The molecule has 40 heavy (non-hydrogen) atoms. The van der Waals surface area contributed by atoms with Gasteiger partial charge in [0.2, 0.25) is 11.2 Å². The van der Waals surface area contributed by atoms with Gasteiger partial charge >= 0.3 is 6.01 Å². The van der Waals surface area contributed by atoms with Crippen LogP contribution in [0, 0.1) is 6.92 Å². The number of carbonyl (C=O) groups is 2. The number of imide groups is 1. The first-order valence-electron chi connectivity index (χ1n) is 12.2. The summed E-state index contributed by atoms with van der Waals surface area (Å²) in [5.74, 6) is -0.248. The van der Waals surface area contributed by atoms with E-state index in [9.17, 15) is 9.59 Å². The standard InChI is InChI=1S/C28H21ClN8O3/c1-15-12-21-23(31-22-13-17(36(2)3)6-9-19(22)30-21)14-20(15)32-27-33-26(29)34-28(35-27)40-18-7-4-16(5-8-18)37-24(38)10-11-25(37)39/h4-14H,1-3H3,(H,32,33,34,35). The Hall–Kier alpha value is -5.16. The van der Waals surface area contributed by atoms with Crippen LogP contribution in [0.2, 0.25) is 5.28 Å². The van der Waals surface area contributed by atoms with E-state index in [-0.39, 0.29) is 17.2 Å². The van der Waals surface area contributed by atoms with Gasteiger partial charge < -0.3 is 15.0 Å². The van der Waals surface area contributed by atoms with E-state index in [1.807, 2.05) is 56.3 Å². The molecule has 12 heteroatoms. The minimum atomic E-state index is -0.403. The number of aromatic nitrogens is 5. The van der Waals surface area contributed by atoms with Crippen LogP contribution in [0.15, 0.2) is 66.7 Å². The Kier molecular flexibility index (Phi) is 6.20. The van der Waals surface area contributed by atoms with E-state index in [2.05, 4.69) is 20.3 Å². The van der Waals surface area contributed by atoms with Crippen molar-refractivity contribution in [3.8, 4) is 11.8 Å². The van der Waals surface area contributed by atoms with Crippen LogP contribution < -0.4 is 19.9 Å². The smallest absolute Gasteiger partial charge is 0.328 e. The average Bonchev–Trinajstić information content (AvgIpc) is 3.25. The molecule has 3 heterocycles. The first-order valence-corrected chi connectivity index (χ1v) is 12.5. The molecule has 0 spiro atoms. The normalized spacial score (nSPS) is 12.9. The maximum atomic E-state index is 11.9. The number of carbonyl (C=O) groups excluding carboxylic acids is 2. The van der Waals surface area contributed by atoms with Crippen molar-refractivity contribution in [3.05, 3.63) is 77.6 Å². The lowest BCUT2D eigenvalue weighted by Crippen LogP contribution is -2.29. The van der Waals surface area contributed by atoms with Crippen LogP contribution >= 0.6 is 11.6 Å². The molecule has 6 rings (SSSR count). The summed E-state index contributed by atoms with van der Waals surface area (Å²) in [6.07, 6.45) is 2.45. The minimum Gasteiger partial charge on any atom is -0.424 e. The van der Waals surface area contributed by atoms with Crippen molar-refractivity contribution >= 4 is 68.5 Å². The first kappa shape index (κ1) is 25.1. The van der Waals surface area contributed by atoms with Gasteiger partial charge in [-0.3, -0.25) is 9.59 Å². The van der Waals surface area contributed by atoms with Gasteiger partial charge in [-0.05, 0) is 78.7 Å². The Bertz CT molecular complexity index is 1840. The second-order valence-electron chi connectivity index (χ2n) is 9.22. The van der Waals surface area contributed by atoms with E-state index in [0.29, 0.717) is 17.0 Å². The average molecular weight is 553 g/mol. The molecule has 2 aromatic heterocycles. The molecule has 11 nitrogen and oxygen atoms in total. The maximum absolute atomic E-state index is 11.9. The van der Waals surface area contributed by atoms with Crippen molar-refractivity contribution in [2.75, 3.05) is 29.2 Å². The van der Waals surface area contributed by atoms with E-state index in [1.165, 1.54) is 12.2 Å². The molecule has 3 aromatic carbocycles. The molecule has 1 aliphatic rings. The van der Waals surface area contributed by atoms with Crippen LogP contribution in [0.3, 0.4) is 0 Å². The molecule has 0 unspecified atom stereocenters. The highest BCUT2D eigenvalue weighted by molar-refractivity contribution is 6.28. The van der Waals surface area contributed by atoms with Gasteiger partial charge in [-0.15, -0.1) is 0 Å². The molecular formula is C28H21ClN8O3. The Morgan fingerprint density at radius 2 is 1.48 bits per heavy atom. The monoisotopic (exact) mass is 552 g/mol. The Balaban J connectivity index is 1.26. The molecular weight excluding hydrogens is 532 g/mol. The number of hydrogen-bond donors (Lipinski definition) is 1. The van der Waals surface area contributed by atoms with E-state index in [0.717, 1.165) is 38.4 Å². The number of nitrogens with one attached hydrogen (secondary N) is 1. The Morgan fingerprint density at radius 1 is 0.800 bits per heavy atom.